The summed E-state index contributed by atoms with van der Waals surface area (Å²) in [6.45, 7) is 20.6. The molecule has 8 fully saturated rings. The standard InChI is InChI=1S/C22H30O3.C20H26O.C19H26O3.C19H24O/c1-4-21(2,3)20(23)25-19-7-5-16(6-8-19)22(24)17-10-14-9-15(12-17)13-18(22)11-14;1-3-15(2)16-7-8-18-14-19(10-9-17(18)13-16)20(21)11-5-4-6-12-20;1-4-18(2,3)17(20)22-16-9-7-14(8-10-16)19(21)12-13-5-6-15(19)11-13;1-3-14(2)15-6-7-17-13-18(9-8-16(17)12-15)19(20)10-4-5-11-19/h5-8,14-15,17-18,24H,4,9-13H2,1-3H3;7-10,13-15,21H,3-6,11-12H2,1-2H3;7-10,13,15,21H,4-6,11-12H2,1-3H3;6-9,12-14,20H,3-5,10-11H2,1-2H3. The number of hydrogen-bond acceptors (Lipinski definition) is 8. The predicted molar refractivity (Wildman–Crippen MR) is 357 cm³/mol. The van der Waals surface area contributed by atoms with E-state index in [0.29, 0.717) is 47.0 Å². The molecule has 8 saturated carbocycles. The Labute approximate surface area is 527 Å². The van der Waals surface area contributed by atoms with Crippen LogP contribution in [0.25, 0.3) is 21.5 Å². The maximum atomic E-state index is 12.2. The molecule has 88 heavy (non-hydrogen) atoms. The molecular formula is C80H106O8. The van der Waals surface area contributed by atoms with Gasteiger partial charge in [0.2, 0.25) is 0 Å². The number of carbonyl (C=O) groups is 2. The van der Waals surface area contributed by atoms with Crippen LogP contribution in [0, 0.1) is 46.3 Å². The van der Waals surface area contributed by atoms with Gasteiger partial charge in [-0.2, -0.15) is 0 Å². The Morgan fingerprint density at radius 2 is 0.830 bits per heavy atom. The molecule has 8 aliphatic rings. The van der Waals surface area contributed by atoms with Crippen LogP contribution in [-0.2, 0) is 32.0 Å². The van der Waals surface area contributed by atoms with Crippen molar-refractivity contribution < 1.29 is 39.5 Å². The van der Waals surface area contributed by atoms with Crippen molar-refractivity contribution in [3.8, 4) is 11.5 Å². The van der Waals surface area contributed by atoms with Crippen LogP contribution in [0.5, 0.6) is 11.5 Å². The average molecular weight is 1200 g/mol. The van der Waals surface area contributed by atoms with Gasteiger partial charge in [-0.3, -0.25) is 9.59 Å². The van der Waals surface area contributed by atoms with E-state index in [1.165, 1.54) is 90.5 Å². The van der Waals surface area contributed by atoms with Gasteiger partial charge in [0.15, 0.2) is 0 Å². The van der Waals surface area contributed by atoms with E-state index in [2.05, 4.69) is 100 Å². The third kappa shape index (κ3) is 13.9. The highest BCUT2D eigenvalue weighted by Crippen LogP contribution is 2.62. The summed E-state index contributed by atoms with van der Waals surface area (Å²) in [6.07, 6.45) is 23.8. The molecule has 0 aromatic heterocycles. The maximum absolute atomic E-state index is 12.2. The lowest BCUT2D eigenvalue weighted by molar-refractivity contribution is -0.179. The molecule has 0 heterocycles. The van der Waals surface area contributed by atoms with Gasteiger partial charge >= 0.3 is 11.9 Å². The minimum Gasteiger partial charge on any atom is -0.426 e. The Morgan fingerprint density at radius 3 is 1.22 bits per heavy atom. The molecule has 14 rings (SSSR count). The summed E-state index contributed by atoms with van der Waals surface area (Å²) in [5.41, 5.74) is 3.52. The fourth-order valence-corrected chi connectivity index (χ4v) is 16.3. The van der Waals surface area contributed by atoms with E-state index in [1.54, 1.807) is 0 Å². The van der Waals surface area contributed by atoms with E-state index >= 15 is 0 Å². The van der Waals surface area contributed by atoms with Crippen molar-refractivity contribution in [1.82, 2.24) is 0 Å². The molecule has 5 atom stereocenters. The SMILES string of the molecule is CCC(C)(C)C(=O)Oc1ccc(C2(O)C3CC4CC(C3)CC2C4)cc1.CCC(C)(C)C(=O)Oc1ccc(C2(O)CC3CCC2C3)cc1.CCC(C)c1ccc2cc(C3(O)CCCC3)ccc2c1.CCC(C)c1ccc2cc(C3(O)CCCCC3)ccc2c1. The molecule has 0 aliphatic heterocycles. The molecule has 8 heteroatoms. The van der Waals surface area contributed by atoms with Crippen LogP contribution in [0.2, 0.25) is 0 Å². The lowest BCUT2D eigenvalue weighted by Crippen LogP contribution is -2.55. The Kier molecular flexibility index (Phi) is 20.0. The monoisotopic (exact) mass is 1190 g/mol. The normalized spacial score (nSPS) is 27.1. The quantitative estimate of drug-likeness (QED) is 0.0626. The summed E-state index contributed by atoms with van der Waals surface area (Å²) in [5, 5.41) is 49.2. The van der Waals surface area contributed by atoms with Gasteiger partial charge in [-0.25, -0.2) is 0 Å². The topological polar surface area (TPSA) is 134 Å². The number of benzene rings is 6. The molecule has 0 spiro atoms. The zero-order valence-electron chi connectivity index (χ0n) is 55.1. The molecule has 5 unspecified atom stereocenters. The highest BCUT2D eigenvalue weighted by atomic mass is 16.5. The van der Waals surface area contributed by atoms with Gasteiger partial charge in [0.05, 0.1) is 33.2 Å². The third-order valence-corrected chi connectivity index (χ3v) is 23.4. The second-order valence-electron chi connectivity index (χ2n) is 30.0. The first-order chi connectivity index (χ1) is 41.9. The predicted octanol–water partition coefficient (Wildman–Crippen LogP) is 19.3. The van der Waals surface area contributed by atoms with E-state index in [1.807, 2.05) is 90.1 Å². The second kappa shape index (κ2) is 26.8. The maximum Gasteiger partial charge on any atom is 0.316 e. The average Bonchev–Trinajstić information content (AvgIpc) is 0.872. The molecule has 4 N–H and O–H groups in total. The van der Waals surface area contributed by atoms with Crippen molar-refractivity contribution in [1.29, 1.82) is 0 Å². The Balaban J connectivity index is 0.000000130. The summed E-state index contributed by atoms with van der Waals surface area (Å²) in [6, 6.07) is 41.6. The van der Waals surface area contributed by atoms with Crippen molar-refractivity contribution in [2.75, 3.05) is 0 Å². The Hall–Kier alpha value is -5.38. The first kappa shape index (κ1) is 65.6. The number of fused-ring (bicyclic) bond motifs is 4. The molecule has 6 aromatic carbocycles. The van der Waals surface area contributed by atoms with Crippen molar-refractivity contribution >= 4 is 33.5 Å². The Morgan fingerprint density at radius 1 is 0.455 bits per heavy atom. The first-order valence-electron chi connectivity index (χ1n) is 34.6. The zero-order chi connectivity index (χ0) is 62.8. The largest absolute Gasteiger partial charge is 0.426 e. The van der Waals surface area contributed by atoms with E-state index in [9.17, 15) is 30.0 Å². The molecule has 6 bridgehead atoms. The molecule has 0 amide bonds. The summed E-state index contributed by atoms with van der Waals surface area (Å²) in [7, 11) is 0. The highest BCUT2D eigenvalue weighted by Gasteiger charge is 2.57. The molecule has 8 aliphatic carbocycles. The second-order valence-corrected chi connectivity index (χ2v) is 30.0. The first-order valence-corrected chi connectivity index (χ1v) is 34.6. The van der Waals surface area contributed by atoms with Crippen LogP contribution >= 0.6 is 0 Å². The van der Waals surface area contributed by atoms with E-state index < -0.39 is 33.2 Å². The highest BCUT2D eigenvalue weighted by molar-refractivity contribution is 5.85. The van der Waals surface area contributed by atoms with Crippen molar-refractivity contribution in [2.24, 2.45) is 46.3 Å². The van der Waals surface area contributed by atoms with Gasteiger partial charge in [0, 0.05) is 0 Å². The van der Waals surface area contributed by atoms with Crippen molar-refractivity contribution in [3.63, 3.8) is 0 Å². The lowest BCUT2D eigenvalue weighted by atomic mass is 9.48. The number of hydrogen-bond donors (Lipinski definition) is 4. The fourth-order valence-electron chi connectivity index (χ4n) is 16.3. The summed E-state index contributed by atoms with van der Waals surface area (Å²) < 4.78 is 11.0. The lowest BCUT2D eigenvalue weighted by Gasteiger charge is -2.59. The van der Waals surface area contributed by atoms with Crippen molar-refractivity contribution in [2.45, 2.75) is 245 Å². The number of aliphatic hydroxyl groups is 4. The number of carbonyl (C=O) groups excluding carboxylic acids is 2. The van der Waals surface area contributed by atoms with E-state index in [-0.39, 0.29) is 11.9 Å². The molecule has 8 nitrogen and oxygen atoms in total. The number of esters is 2. The molecule has 6 aromatic rings. The van der Waals surface area contributed by atoms with Crippen LogP contribution < -0.4 is 9.47 Å². The van der Waals surface area contributed by atoms with Gasteiger partial charge in [0.1, 0.15) is 11.5 Å². The van der Waals surface area contributed by atoms with Crippen LogP contribution in [0.15, 0.2) is 121 Å². The van der Waals surface area contributed by atoms with E-state index in [0.717, 1.165) is 118 Å². The number of ether oxygens (including phenoxy) is 2. The summed E-state index contributed by atoms with van der Waals surface area (Å²) in [5.74, 6) is 5.48. The zero-order valence-corrected chi connectivity index (χ0v) is 55.1. The minimum atomic E-state index is -0.682. The third-order valence-electron chi connectivity index (χ3n) is 23.4. The Bertz CT molecular complexity index is 3310. The van der Waals surface area contributed by atoms with E-state index in [4.69, 9.17) is 9.47 Å². The van der Waals surface area contributed by atoms with Gasteiger partial charge in [-0.05, 0) is 276 Å². The molecule has 474 valence electrons. The van der Waals surface area contributed by atoms with Crippen molar-refractivity contribution in [3.05, 3.63) is 155 Å². The van der Waals surface area contributed by atoms with Gasteiger partial charge in [-0.15, -0.1) is 0 Å². The van der Waals surface area contributed by atoms with Gasteiger partial charge in [0.25, 0.3) is 0 Å². The molecular weight excluding hydrogens is 1090 g/mol. The fraction of sp³-hybridized carbons (Fsp3) is 0.575. The minimum absolute atomic E-state index is 0.198. The van der Waals surface area contributed by atoms with Crippen LogP contribution in [0.4, 0.5) is 0 Å². The number of rotatable bonds is 14. The van der Waals surface area contributed by atoms with Gasteiger partial charge < -0.3 is 29.9 Å². The van der Waals surface area contributed by atoms with Crippen LogP contribution in [-0.4, -0.2) is 32.4 Å². The molecule has 0 radical (unpaired) electrons. The summed E-state index contributed by atoms with van der Waals surface area (Å²) >= 11 is 0. The molecule has 0 saturated heterocycles. The van der Waals surface area contributed by atoms with Gasteiger partial charge in [-0.1, -0.05) is 159 Å². The summed E-state index contributed by atoms with van der Waals surface area (Å²) in [4.78, 5) is 24.3. The van der Waals surface area contributed by atoms with Crippen LogP contribution in [0.1, 0.15) is 256 Å². The van der Waals surface area contributed by atoms with Crippen LogP contribution in [0.3, 0.4) is 0 Å². The smallest absolute Gasteiger partial charge is 0.316 e.